The minimum absolute atomic E-state index is 0.00116. The summed E-state index contributed by atoms with van der Waals surface area (Å²) in [5, 5.41) is 0. The molecule has 1 saturated heterocycles. The van der Waals surface area contributed by atoms with Crippen molar-refractivity contribution in [2.45, 2.75) is 37.2 Å². The number of sulfonamides is 1. The van der Waals surface area contributed by atoms with Crippen LogP contribution in [0.3, 0.4) is 0 Å². The second-order valence-corrected chi connectivity index (χ2v) is 6.39. The van der Waals surface area contributed by atoms with Gasteiger partial charge in [-0.05, 0) is 31.9 Å². The van der Waals surface area contributed by atoms with E-state index in [-0.39, 0.29) is 23.0 Å². The first kappa shape index (κ1) is 13.5. The Morgan fingerprint density at radius 2 is 2.22 bits per heavy atom. The second kappa shape index (κ2) is 4.95. The van der Waals surface area contributed by atoms with Crippen molar-refractivity contribution in [3.8, 4) is 0 Å². The van der Waals surface area contributed by atoms with Crippen LogP contribution in [0, 0.1) is 5.82 Å². The van der Waals surface area contributed by atoms with Crippen molar-refractivity contribution in [1.29, 1.82) is 0 Å². The quantitative estimate of drug-likeness (QED) is 0.906. The number of hydrogen-bond donors (Lipinski definition) is 1. The van der Waals surface area contributed by atoms with Gasteiger partial charge in [-0.2, -0.15) is 4.31 Å². The summed E-state index contributed by atoms with van der Waals surface area (Å²) < 4.78 is 40.0. The maximum absolute atomic E-state index is 13.6. The second-order valence-electron chi connectivity index (χ2n) is 4.53. The average molecular weight is 272 g/mol. The van der Waals surface area contributed by atoms with E-state index in [1.54, 1.807) is 0 Å². The molecule has 0 radical (unpaired) electrons. The molecule has 1 aromatic rings. The Bertz CT molecular complexity index is 545. The predicted molar refractivity (Wildman–Crippen MR) is 66.9 cm³/mol. The Morgan fingerprint density at radius 3 is 2.78 bits per heavy atom. The monoisotopic (exact) mass is 272 g/mol. The van der Waals surface area contributed by atoms with Crippen LogP contribution in [0.15, 0.2) is 23.1 Å². The summed E-state index contributed by atoms with van der Waals surface area (Å²) in [7, 11) is -3.64. The van der Waals surface area contributed by atoms with E-state index in [0.717, 1.165) is 12.8 Å². The van der Waals surface area contributed by atoms with Gasteiger partial charge in [0.15, 0.2) is 0 Å². The third kappa shape index (κ3) is 2.15. The molecule has 100 valence electrons. The lowest BCUT2D eigenvalue weighted by molar-refractivity contribution is 0.407. The molecule has 1 atom stereocenters. The molecular weight excluding hydrogens is 255 g/mol. The van der Waals surface area contributed by atoms with Crippen LogP contribution >= 0.6 is 0 Å². The lowest BCUT2D eigenvalue weighted by Gasteiger charge is -2.22. The molecule has 1 heterocycles. The number of nitrogens with zero attached hydrogens (tertiary/aromatic N) is 1. The van der Waals surface area contributed by atoms with Gasteiger partial charge in [0.1, 0.15) is 5.82 Å². The van der Waals surface area contributed by atoms with Crippen molar-refractivity contribution >= 4 is 10.0 Å². The van der Waals surface area contributed by atoms with E-state index in [9.17, 15) is 12.8 Å². The minimum Gasteiger partial charge on any atom is -0.326 e. The average Bonchev–Trinajstić information content (AvgIpc) is 2.75. The fourth-order valence-electron chi connectivity index (χ4n) is 2.37. The van der Waals surface area contributed by atoms with Gasteiger partial charge >= 0.3 is 0 Å². The van der Waals surface area contributed by atoms with Crippen LogP contribution in [0.4, 0.5) is 4.39 Å². The Kier molecular flexibility index (Phi) is 3.70. The molecule has 0 spiro atoms. The van der Waals surface area contributed by atoms with E-state index in [1.165, 1.54) is 22.5 Å². The van der Waals surface area contributed by atoms with Gasteiger partial charge < -0.3 is 5.73 Å². The molecule has 18 heavy (non-hydrogen) atoms. The van der Waals surface area contributed by atoms with Crippen molar-refractivity contribution in [2.24, 2.45) is 5.73 Å². The molecule has 2 N–H and O–H groups in total. The van der Waals surface area contributed by atoms with Crippen molar-refractivity contribution < 1.29 is 12.8 Å². The van der Waals surface area contributed by atoms with Crippen LogP contribution in [0.25, 0.3) is 0 Å². The third-order valence-corrected chi connectivity index (χ3v) is 5.46. The molecule has 6 heteroatoms. The number of hydrogen-bond acceptors (Lipinski definition) is 3. The minimum atomic E-state index is -3.64. The van der Waals surface area contributed by atoms with Crippen LogP contribution in [0.1, 0.15) is 25.3 Å². The topological polar surface area (TPSA) is 63.4 Å². The van der Waals surface area contributed by atoms with E-state index >= 15 is 0 Å². The zero-order valence-corrected chi connectivity index (χ0v) is 11.1. The summed E-state index contributed by atoms with van der Waals surface area (Å²) >= 11 is 0. The van der Waals surface area contributed by atoms with Crippen LogP contribution in [0.2, 0.25) is 0 Å². The van der Waals surface area contributed by atoms with Gasteiger partial charge in [0.2, 0.25) is 10.0 Å². The van der Waals surface area contributed by atoms with E-state index in [2.05, 4.69) is 0 Å². The summed E-state index contributed by atoms with van der Waals surface area (Å²) in [5.74, 6) is -0.564. The zero-order chi connectivity index (χ0) is 13.3. The first-order chi connectivity index (χ1) is 8.48. The number of nitrogens with two attached hydrogens (primary N) is 1. The largest absolute Gasteiger partial charge is 0.326 e. The summed E-state index contributed by atoms with van der Waals surface area (Å²) in [6.07, 6.45) is 1.68. The fourth-order valence-corrected chi connectivity index (χ4v) is 4.31. The molecule has 0 amide bonds. The Morgan fingerprint density at radius 1 is 1.50 bits per heavy atom. The van der Waals surface area contributed by atoms with E-state index in [0.29, 0.717) is 6.54 Å². The predicted octanol–water partition coefficient (Wildman–Crippen LogP) is 1.46. The van der Waals surface area contributed by atoms with Crippen LogP contribution in [0.5, 0.6) is 0 Å². The summed E-state index contributed by atoms with van der Waals surface area (Å²) in [5.41, 5.74) is 5.52. The Labute approximate surface area is 107 Å². The van der Waals surface area contributed by atoms with Crippen LogP contribution in [-0.4, -0.2) is 25.3 Å². The van der Waals surface area contributed by atoms with Crippen LogP contribution in [-0.2, 0) is 16.6 Å². The molecule has 1 unspecified atom stereocenters. The first-order valence-corrected chi connectivity index (χ1v) is 7.41. The van der Waals surface area contributed by atoms with Gasteiger partial charge in [0, 0.05) is 24.7 Å². The first-order valence-electron chi connectivity index (χ1n) is 5.97. The molecular formula is C12H17FN2O2S. The molecule has 0 bridgehead atoms. The molecule has 0 saturated carbocycles. The van der Waals surface area contributed by atoms with E-state index < -0.39 is 15.8 Å². The van der Waals surface area contributed by atoms with Gasteiger partial charge in [0.25, 0.3) is 0 Å². The molecule has 1 fully saturated rings. The van der Waals surface area contributed by atoms with Crippen LogP contribution < -0.4 is 5.73 Å². The molecule has 0 aliphatic carbocycles. The smallest absolute Gasteiger partial charge is 0.243 e. The Hall–Kier alpha value is -0.980. The fraction of sp³-hybridized carbons (Fsp3) is 0.500. The van der Waals surface area contributed by atoms with Gasteiger partial charge in [-0.3, -0.25) is 0 Å². The van der Waals surface area contributed by atoms with Crippen molar-refractivity contribution in [2.75, 3.05) is 6.54 Å². The lowest BCUT2D eigenvalue weighted by Crippen LogP contribution is -2.34. The summed E-state index contributed by atoms with van der Waals surface area (Å²) in [4.78, 5) is -0.00116. The van der Waals surface area contributed by atoms with Gasteiger partial charge in [-0.25, -0.2) is 12.8 Å². The number of halogens is 1. The third-order valence-electron chi connectivity index (χ3n) is 3.36. The number of rotatable bonds is 3. The number of benzene rings is 1. The summed E-state index contributed by atoms with van der Waals surface area (Å²) in [6.45, 7) is 2.24. The Balaban J connectivity index is 2.51. The molecule has 0 aromatic heterocycles. The maximum Gasteiger partial charge on any atom is 0.243 e. The standard InChI is InChI=1S/C12H17FN2O2S/c1-9-4-3-7-15(9)18(16,17)12-6-2-5-11(13)10(12)8-14/h2,5-6,9H,3-4,7-8,14H2,1H3. The van der Waals surface area contributed by atoms with Gasteiger partial charge in [-0.1, -0.05) is 6.07 Å². The van der Waals surface area contributed by atoms with Crippen molar-refractivity contribution in [3.63, 3.8) is 0 Å². The van der Waals surface area contributed by atoms with E-state index in [1.807, 2.05) is 6.92 Å². The lowest BCUT2D eigenvalue weighted by atomic mass is 10.2. The highest BCUT2D eigenvalue weighted by molar-refractivity contribution is 7.89. The maximum atomic E-state index is 13.6. The zero-order valence-electron chi connectivity index (χ0n) is 10.3. The molecule has 1 aromatic carbocycles. The van der Waals surface area contributed by atoms with Crippen molar-refractivity contribution in [1.82, 2.24) is 4.31 Å². The van der Waals surface area contributed by atoms with Gasteiger partial charge in [0.05, 0.1) is 4.90 Å². The molecule has 2 rings (SSSR count). The molecule has 4 nitrogen and oxygen atoms in total. The normalized spacial score (nSPS) is 21.4. The summed E-state index contributed by atoms with van der Waals surface area (Å²) in [6, 6.07) is 4.02. The van der Waals surface area contributed by atoms with E-state index in [4.69, 9.17) is 5.73 Å². The van der Waals surface area contributed by atoms with Gasteiger partial charge in [-0.15, -0.1) is 0 Å². The molecule has 1 aliphatic heterocycles. The highest BCUT2D eigenvalue weighted by Gasteiger charge is 2.34. The molecule has 1 aliphatic rings. The highest BCUT2D eigenvalue weighted by Crippen LogP contribution is 2.28. The SMILES string of the molecule is CC1CCCN1S(=O)(=O)c1cccc(F)c1CN. The highest BCUT2D eigenvalue weighted by atomic mass is 32.2. The van der Waals surface area contributed by atoms with Crippen molar-refractivity contribution in [3.05, 3.63) is 29.6 Å².